The van der Waals surface area contributed by atoms with Gasteiger partial charge in [-0.25, -0.2) is 8.78 Å². The van der Waals surface area contributed by atoms with Crippen LogP contribution >= 0.6 is 0 Å². The first-order valence-corrected chi connectivity index (χ1v) is 14.5. The predicted octanol–water partition coefficient (Wildman–Crippen LogP) is 9.88. The molecule has 0 aliphatic heterocycles. The standard InChI is InChI=1S/C31H48F2O2/c1-4-6-7-9-23-12-16-25(17-13-23)26-18-14-24(15-19-26)10-8-11-28(34)27-20-21-29(35-5-2)30(22(27)3)31(32)33/h20-21,23-26,31H,4-19H2,1-3H3. The van der Waals surface area contributed by atoms with Crippen molar-refractivity contribution in [2.45, 2.75) is 124 Å². The van der Waals surface area contributed by atoms with Gasteiger partial charge in [-0.05, 0) is 87.3 Å². The third kappa shape index (κ3) is 8.02. The first-order chi connectivity index (χ1) is 16.9. The quantitative estimate of drug-likeness (QED) is 0.203. The molecule has 4 heteroatoms. The van der Waals surface area contributed by atoms with E-state index in [4.69, 9.17) is 4.74 Å². The molecule has 0 aromatic heterocycles. The Balaban J connectivity index is 1.39. The van der Waals surface area contributed by atoms with E-state index in [2.05, 4.69) is 6.92 Å². The van der Waals surface area contributed by atoms with E-state index in [1.807, 2.05) is 0 Å². The van der Waals surface area contributed by atoms with Crippen molar-refractivity contribution < 1.29 is 18.3 Å². The van der Waals surface area contributed by atoms with E-state index in [1.165, 1.54) is 83.1 Å². The highest BCUT2D eigenvalue weighted by Gasteiger charge is 2.30. The maximum atomic E-state index is 13.6. The van der Waals surface area contributed by atoms with Crippen LogP contribution in [0.4, 0.5) is 8.78 Å². The number of carbonyl (C=O) groups is 1. The third-order valence-corrected chi connectivity index (χ3v) is 8.97. The number of carbonyl (C=O) groups excluding carboxylic acids is 1. The summed E-state index contributed by atoms with van der Waals surface area (Å²) in [7, 11) is 0. The van der Waals surface area contributed by atoms with Crippen molar-refractivity contribution in [3.63, 3.8) is 0 Å². The molecular formula is C31H48F2O2. The number of hydrogen-bond acceptors (Lipinski definition) is 2. The van der Waals surface area contributed by atoms with Gasteiger partial charge < -0.3 is 4.74 Å². The van der Waals surface area contributed by atoms with Gasteiger partial charge >= 0.3 is 0 Å². The fourth-order valence-corrected chi connectivity index (χ4v) is 6.82. The van der Waals surface area contributed by atoms with Crippen LogP contribution in [0.5, 0.6) is 5.75 Å². The van der Waals surface area contributed by atoms with Crippen LogP contribution in [0.25, 0.3) is 0 Å². The summed E-state index contributed by atoms with van der Waals surface area (Å²) in [6.07, 6.45) is 16.5. The molecule has 2 nitrogen and oxygen atoms in total. The van der Waals surface area contributed by atoms with Gasteiger partial charge in [0.2, 0.25) is 0 Å². The van der Waals surface area contributed by atoms with Crippen LogP contribution in [-0.2, 0) is 0 Å². The summed E-state index contributed by atoms with van der Waals surface area (Å²) in [6.45, 7) is 6.02. The second-order valence-corrected chi connectivity index (χ2v) is 11.3. The molecule has 0 saturated heterocycles. The molecule has 0 spiro atoms. The summed E-state index contributed by atoms with van der Waals surface area (Å²) in [4.78, 5) is 12.8. The molecule has 0 amide bonds. The number of benzene rings is 1. The van der Waals surface area contributed by atoms with Gasteiger partial charge in [-0.1, -0.05) is 64.7 Å². The van der Waals surface area contributed by atoms with Gasteiger partial charge in [0, 0.05) is 12.0 Å². The number of Topliss-reactive ketones (excluding diaryl/α,β-unsaturated/α-hetero) is 1. The number of ether oxygens (including phenoxy) is 1. The van der Waals surface area contributed by atoms with Crippen LogP contribution in [0.2, 0.25) is 0 Å². The summed E-state index contributed by atoms with van der Waals surface area (Å²) in [5, 5.41) is 0. The summed E-state index contributed by atoms with van der Waals surface area (Å²) in [5.41, 5.74) is 0.667. The highest BCUT2D eigenvalue weighted by molar-refractivity contribution is 5.98. The van der Waals surface area contributed by atoms with Gasteiger partial charge in [-0.2, -0.15) is 0 Å². The van der Waals surface area contributed by atoms with Crippen molar-refractivity contribution in [2.24, 2.45) is 23.7 Å². The molecule has 1 aromatic rings. The molecule has 0 atom stereocenters. The molecule has 198 valence electrons. The second-order valence-electron chi connectivity index (χ2n) is 11.3. The lowest BCUT2D eigenvalue weighted by molar-refractivity contribution is 0.0971. The van der Waals surface area contributed by atoms with E-state index in [9.17, 15) is 13.6 Å². The monoisotopic (exact) mass is 490 g/mol. The molecule has 1 aromatic carbocycles. The molecule has 2 aliphatic carbocycles. The minimum atomic E-state index is -2.64. The van der Waals surface area contributed by atoms with E-state index in [0.29, 0.717) is 24.2 Å². The van der Waals surface area contributed by atoms with Crippen LogP contribution in [0.15, 0.2) is 12.1 Å². The second kappa shape index (κ2) is 14.3. The van der Waals surface area contributed by atoms with Gasteiger partial charge in [0.1, 0.15) is 5.75 Å². The maximum absolute atomic E-state index is 13.6. The zero-order chi connectivity index (χ0) is 25.2. The maximum Gasteiger partial charge on any atom is 0.267 e. The van der Waals surface area contributed by atoms with Crippen LogP contribution in [0.3, 0.4) is 0 Å². The lowest BCUT2D eigenvalue weighted by Crippen LogP contribution is -2.26. The highest BCUT2D eigenvalue weighted by Crippen LogP contribution is 2.43. The molecule has 2 aliphatic rings. The van der Waals surface area contributed by atoms with Gasteiger partial charge in [-0.15, -0.1) is 0 Å². The molecule has 2 saturated carbocycles. The topological polar surface area (TPSA) is 26.3 Å². The highest BCUT2D eigenvalue weighted by atomic mass is 19.3. The third-order valence-electron chi connectivity index (χ3n) is 8.97. The van der Waals surface area contributed by atoms with Crippen molar-refractivity contribution in [1.29, 1.82) is 0 Å². The number of unbranched alkanes of at least 4 members (excludes halogenated alkanes) is 2. The minimum absolute atomic E-state index is 0.0168. The van der Waals surface area contributed by atoms with E-state index in [0.717, 1.165) is 36.5 Å². The Morgan fingerprint density at radius 2 is 1.46 bits per heavy atom. The average Bonchev–Trinajstić information content (AvgIpc) is 2.85. The Hall–Kier alpha value is -1.45. The van der Waals surface area contributed by atoms with Crippen LogP contribution < -0.4 is 4.74 Å². The molecule has 0 N–H and O–H groups in total. The average molecular weight is 491 g/mol. The minimum Gasteiger partial charge on any atom is -0.493 e. The predicted molar refractivity (Wildman–Crippen MR) is 141 cm³/mol. The molecule has 2 fully saturated rings. The fraction of sp³-hybridized carbons (Fsp3) is 0.774. The molecular weight excluding hydrogens is 442 g/mol. The molecule has 3 rings (SSSR count). The van der Waals surface area contributed by atoms with E-state index in [-0.39, 0.29) is 17.1 Å². The number of hydrogen-bond donors (Lipinski definition) is 0. The lowest BCUT2D eigenvalue weighted by atomic mass is 9.68. The summed E-state index contributed by atoms with van der Waals surface area (Å²) < 4.78 is 32.6. The van der Waals surface area contributed by atoms with Crippen molar-refractivity contribution >= 4 is 5.78 Å². The normalized spacial score (nSPS) is 25.1. The van der Waals surface area contributed by atoms with Crippen LogP contribution in [0, 0.1) is 30.6 Å². The zero-order valence-corrected chi connectivity index (χ0v) is 22.4. The smallest absolute Gasteiger partial charge is 0.267 e. The largest absolute Gasteiger partial charge is 0.493 e. The summed E-state index contributed by atoms with van der Waals surface area (Å²) >= 11 is 0. The first-order valence-electron chi connectivity index (χ1n) is 14.5. The summed E-state index contributed by atoms with van der Waals surface area (Å²) in [6, 6.07) is 3.20. The fourth-order valence-electron chi connectivity index (χ4n) is 6.82. The van der Waals surface area contributed by atoms with Crippen molar-refractivity contribution in [3.8, 4) is 5.75 Å². The van der Waals surface area contributed by atoms with E-state index >= 15 is 0 Å². The number of alkyl halides is 2. The Bertz CT molecular complexity index is 774. The molecule has 35 heavy (non-hydrogen) atoms. The zero-order valence-electron chi connectivity index (χ0n) is 22.4. The Morgan fingerprint density at radius 1 is 0.886 bits per heavy atom. The van der Waals surface area contributed by atoms with Gasteiger partial charge in [0.05, 0.1) is 12.2 Å². The SMILES string of the molecule is CCCCCC1CCC(C2CCC(CCCC(=O)c3ccc(OCC)c(C(F)F)c3C)CC2)CC1. The lowest BCUT2D eigenvalue weighted by Gasteiger charge is -2.38. The number of halogens is 2. The Labute approximate surface area is 212 Å². The Kier molecular flexibility index (Phi) is 11.5. The number of ketones is 1. The van der Waals surface area contributed by atoms with Crippen molar-refractivity contribution in [3.05, 3.63) is 28.8 Å². The van der Waals surface area contributed by atoms with E-state index < -0.39 is 6.43 Å². The van der Waals surface area contributed by atoms with Gasteiger partial charge in [0.25, 0.3) is 6.43 Å². The molecule has 0 unspecified atom stereocenters. The van der Waals surface area contributed by atoms with Gasteiger partial charge in [-0.3, -0.25) is 4.79 Å². The van der Waals surface area contributed by atoms with Crippen LogP contribution in [-0.4, -0.2) is 12.4 Å². The first kappa shape index (κ1) is 28.1. The van der Waals surface area contributed by atoms with Crippen LogP contribution in [0.1, 0.15) is 138 Å². The van der Waals surface area contributed by atoms with E-state index in [1.54, 1.807) is 19.9 Å². The van der Waals surface area contributed by atoms with Crippen molar-refractivity contribution in [1.82, 2.24) is 0 Å². The van der Waals surface area contributed by atoms with Gasteiger partial charge in [0.15, 0.2) is 5.78 Å². The molecule has 0 heterocycles. The molecule has 0 radical (unpaired) electrons. The van der Waals surface area contributed by atoms with Crippen molar-refractivity contribution in [2.75, 3.05) is 6.61 Å². The number of rotatable bonds is 13. The molecule has 0 bridgehead atoms. The summed E-state index contributed by atoms with van der Waals surface area (Å²) in [5.74, 6) is 3.76. The Morgan fingerprint density at radius 3 is 1.97 bits per heavy atom.